The van der Waals surface area contributed by atoms with Gasteiger partial charge in [-0.1, -0.05) is 6.92 Å². The van der Waals surface area contributed by atoms with E-state index in [1.54, 1.807) is 11.0 Å². The maximum Gasteiger partial charge on any atom is 0.264 e. The van der Waals surface area contributed by atoms with E-state index < -0.39 is 0 Å². The second-order valence-electron chi connectivity index (χ2n) is 6.62. The Labute approximate surface area is 144 Å². The maximum atomic E-state index is 12.7. The van der Waals surface area contributed by atoms with Crippen molar-refractivity contribution >= 4 is 12.0 Å². The fourth-order valence-corrected chi connectivity index (χ4v) is 3.35. The highest BCUT2D eigenvalue weighted by Crippen LogP contribution is 2.20. The first-order chi connectivity index (χ1) is 11.4. The van der Waals surface area contributed by atoms with Crippen molar-refractivity contribution in [3.8, 4) is 6.07 Å². The minimum absolute atomic E-state index is 0.00717. The molecular formula is C19H27N3O2. The highest BCUT2D eigenvalue weighted by Gasteiger charge is 2.28. The first-order valence-corrected chi connectivity index (χ1v) is 8.60. The van der Waals surface area contributed by atoms with Crippen LogP contribution in [0.4, 0.5) is 0 Å². The van der Waals surface area contributed by atoms with Crippen LogP contribution in [0.1, 0.15) is 44.1 Å². The molecule has 1 fully saturated rings. The Kier molecular flexibility index (Phi) is 5.84. The Morgan fingerprint density at radius 2 is 2.00 bits per heavy atom. The Hall–Kier alpha value is -2.06. The molecule has 0 spiro atoms. The van der Waals surface area contributed by atoms with E-state index in [4.69, 9.17) is 4.74 Å². The molecule has 2 unspecified atom stereocenters. The summed E-state index contributed by atoms with van der Waals surface area (Å²) < 4.78 is 7.89. The van der Waals surface area contributed by atoms with Gasteiger partial charge in [0, 0.05) is 31.0 Å². The van der Waals surface area contributed by atoms with E-state index in [2.05, 4.69) is 24.5 Å². The summed E-state index contributed by atoms with van der Waals surface area (Å²) in [5, 5.41) is 9.49. The van der Waals surface area contributed by atoms with Gasteiger partial charge in [0.05, 0.1) is 12.2 Å². The van der Waals surface area contributed by atoms with Gasteiger partial charge in [0.15, 0.2) is 0 Å². The lowest BCUT2D eigenvalue weighted by atomic mass is 10.1. The molecule has 1 aromatic rings. The largest absolute Gasteiger partial charge is 0.372 e. The third-order valence-electron chi connectivity index (χ3n) is 4.42. The first kappa shape index (κ1) is 18.3. The van der Waals surface area contributed by atoms with Crippen molar-refractivity contribution in [3.63, 3.8) is 0 Å². The number of rotatable bonds is 4. The molecule has 24 heavy (non-hydrogen) atoms. The zero-order valence-electron chi connectivity index (χ0n) is 15.3. The number of nitrogens with zero attached hydrogens (tertiary/aromatic N) is 3. The Bertz CT molecular complexity index is 672. The molecule has 2 heterocycles. The molecule has 5 heteroatoms. The van der Waals surface area contributed by atoms with Gasteiger partial charge in [-0.2, -0.15) is 5.26 Å². The lowest BCUT2D eigenvalue weighted by Gasteiger charge is -2.35. The smallest absolute Gasteiger partial charge is 0.264 e. The predicted octanol–water partition coefficient (Wildman–Crippen LogP) is 3.06. The number of ether oxygens (including phenoxy) is 1. The van der Waals surface area contributed by atoms with Gasteiger partial charge in [0.1, 0.15) is 11.6 Å². The SMILES string of the molecule is CCCn1c(C)cc(/C=C(/C#N)C(=O)N2CC(C)OC(C)C2)c1C. The molecule has 0 aliphatic carbocycles. The van der Waals surface area contributed by atoms with E-state index in [1.165, 1.54) is 0 Å². The fraction of sp³-hybridized carbons (Fsp3) is 0.579. The highest BCUT2D eigenvalue weighted by atomic mass is 16.5. The number of amides is 1. The van der Waals surface area contributed by atoms with Gasteiger partial charge >= 0.3 is 0 Å². The summed E-state index contributed by atoms with van der Waals surface area (Å²) in [5.41, 5.74) is 3.38. The summed E-state index contributed by atoms with van der Waals surface area (Å²) in [6.45, 7) is 12.1. The zero-order valence-corrected chi connectivity index (χ0v) is 15.3. The Morgan fingerprint density at radius 1 is 1.38 bits per heavy atom. The number of morpholine rings is 1. The van der Waals surface area contributed by atoms with Crippen LogP contribution in [-0.4, -0.2) is 40.7 Å². The van der Waals surface area contributed by atoms with Crippen LogP contribution in [-0.2, 0) is 16.1 Å². The molecular weight excluding hydrogens is 302 g/mol. The number of hydrogen-bond donors (Lipinski definition) is 0. The third-order valence-corrected chi connectivity index (χ3v) is 4.42. The van der Waals surface area contributed by atoms with Gasteiger partial charge in [-0.25, -0.2) is 0 Å². The minimum Gasteiger partial charge on any atom is -0.372 e. The quantitative estimate of drug-likeness (QED) is 0.630. The van der Waals surface area contributed by atoms with Crippen molar-refractivity contribution in [1.82, 2.24) is 9.47 Å². The normalized spacial score (nSPS) is 21.7. The number of aromatic nitrogens is 1. The van der Waals surface area contributed by atoms with Crippen LogP contribution < -0.4 is 0 Å². The molecule has 5 nitrogen and oxygen atoms in total. The van der Waals surface area contributed by atoms with Gasteiger partial charge < -0.3 is 14.2 Å². The fourth-order valence-electron chi connectivity index (χ4n) is 3.35. The summed E-state index contributed by atoms with van der Waals surface area (Å²) in [6.07, 6.45) is 2.76. The molecule has 1 aliphatic heterocycles. The molecule has 2 rings (SSSR count). The van der Waals surface area contributed by atoms with Crippen LogP contribution in [0.15, 0.2) is 11.6 Å². The molecule has 2 atom stereocenters. The number of carbonyl (C=O) groups is 1. The number of nitriles is 1. The summed E-state index contributed by atoms with van der Waals surface area (Å²) in [5.74, 6) is -0.209. The summed E-state index contributed by atoms with van der Waals surface area (Å²) >= 11 is 0. The zero-order chi connectivity index (χ0) is 17.9. The van der Waals surface area contributed by atoms with Crippen molar-refractivity contribution in [3.05, 3.63) is 28.6 Å². The van der Waals surface area contributed by atoms with Crippen LogP contribution in [0.5, 0.6) is 0 Å². The minimum atomic E-state index is -0.209. The summed E-state index contributed by atoms with van der Waals surface area (Å²) in [4.78, 5) is 14.4. The topological polar surface area (TPSA) is 58.3 Å². The van der Waals surface area contributed by atoms with Crippen molar-refractivity contribution in [1.29, 1.82) is 5.26 Å². The van der Waals surface area contributed by atoms with Gasteiger partial charge in [-0.3, -0.25) is 4.79 Å². The van der Waals surface area contributed by atoms with Gasteiger partial charge in [0.2, 0.25) is 0 Å². The van der Waals surface area contributed by atoms with Crippen LogP contribution in [0.3, 0.4) is 0 Å². The van der Waals surface area contributed by atoms with Crippen LogP contribution in [0.25, 0.3) is 6.08 Å². The van der Waals surface area contributed by atoms with Gasteiger partial charge in [0.25, 0.3) is 5.91 Å². The molecule has 0 radical (unpaired) electrons. The van der Waals surface area contributed by atoms with E-state index in [-0.39, 0.29) is 23.7 Å². The first-order valence-electron chi connectivity index (χ1n) is 8.60. The second-order valence-corrected chi connectivity index (χ2v) is 6.62. The van der Waals surface area contributed by atoms with Crippen LogP contribution in [0, 0.1) is 25.2 Å². The van der Waals surface area contributed by atoms with Gasteiger partial charge in [-0.05, 0) is 51.8 Å². The standard InChI is InChI=1S/C19H27N3O2/c1-6-7-22-13(2)8-17(16(22)5)9-18(10-20)19(23)21-11-14(3)24-15(4)12-21/h8-9,14-15H,6-7,11-12H2,1-5H3/b18-9-. The van der Waals surface area contributed by atoms with Crippen LogP contribution in [0.2, 0.25) is 0 Å². The molecule has 0 N–H and O–H groups in total. The Balaban J connectivity index is 2.28. The van der Waals surface area contributed by atoms with E-state index in [0.717, 1.165) is 29.9 Å². The van der Waals surface area contributed by atoms with Crippen molar-refractivity contribution in [2.45, 2.75) is 59.8 Å². The van der Waals surface area contributed by atoms with Crippen molar-refractivity contribution in [2.24, 2.45) is 0 Å². The van der Waals surface area contributed by atoms with Crippen molar-refractivity contribution < 1.29 is 9.53 Å². The van der Waals surface area contributed by atoms with E-state index in [9.17, 15) is 10.1 Å². The van der Waals surface area contributed by atoms with E-state index in [0.29, 0.717) is 13.1 Å². The summed E-state index contributed by atoms with van der Waals surface area (Å²) in [6, 6.07) is 4.13. The monoisotopic (exact) mass is 329 g/mol. The molecule has 130 valence electrons. The molecule has 0 saturated carbocycles. The third kappa shape index (κ3) is 3.88. The van der Waals surface area contributed by atoms with E-state index >= 15 is 0 Å². The molecule has 1 amide bonds. The number of hydrogen-bond acceptors (Lipinski definition) is 3. The molecule has 1 saturated heterocycles. The van der Waals surface area contributed by atoms with Crippen LogP contribution >= 0.6 is 0 Å². The lowest BCUT2D eigenvalue weighted by molar-refractivity contribution is -0.138. The average Bonchev–Trinajstić information content (AvgIpc) is 2.79. The second kappa shape index (κ2) is 7.67. The summed E-state index contributed by atoms with van der Waals surface area (Å²) in [7, 11) is 0. The molecule has 0 aromatic carbocycles. The number of aryl methyl sites for hydroxylation is 1. The number of carbonyl (C=O) groups excluding carboxylic acids is 1. The molecule has 1 aliphatic rings. The maximum absolute atomic E-state index is 12.7. The lowest BCUT2D eigenvalue weighted by Crippen LogP contribution is -2.48. The average molecular weight is 329 g/mol. The van der Waals surface area contributed by atoms with Gasteiger partial charge in [-0.15, -0.1) is 0 Å². The highest BCUT2D eigenvalue weighted by molar-refractivity contribution is 6.01. The molecule has 1 aromatic heterocycles. The molecule has 0 bridgehead atoms. The predicted molar refractivity (Wildman–Crippen MR) is 94.4 cm³/mol. The van der Waals surface area contributed by atoms with E-state index in [1.807, 2.05) is 26.8 Å². The van der Waals surface area contributed by atoms with Crippen molar-refractivity contribution in [2.75, 3.05) is 13.1 Å². The Morgan fingerprint density at radius 3 is 2.54 bits per heavy atom.